The van der Waals surface area contributed by atoms with Gasteiger partial charge in [-0.05, 0) is 122 Å². The van der Waals surface area contributed by atoms with Gasteiger partial charge in [0.15, 0.2) is 0 Å². The molecule has 0 N–H and O–H groups in total. The van der Waals surface area contributed by atoms with Crippen molar-refractivity contribution in [2.75, 3.05) is 4.90 Å². The Labute approximate surface area is 343 Å². The first-order valence-corrected chi connectivity index (χ1v) is 20.4. The summed E-state index contributed by atoms with van der Waals surface area (Å²) in [6.07, 6.45) is 0. The zero-order valence-electron chi connectivity index (χ0n) is 32.9. The van der Waals surface area contributed by atoms with Crippen LogP contribution in [-0.4, -0.2) is 4.57 Å². The Morgan fingerprint density at radius 1 is 0.441 bits per heavy atom. The molecule has 1 aliphatic carbocycles. The van der Waals surface area contributed by atoms with Gasteiger partial charge in [0, 0.05) is 49.8 Å². The van der Waals surface area contributed by atoms with Gasteiger partial charge in [0.25, 0.3) is 0 Å². The maximum absolute atomic E-state index is 3.54. The second-order valence-corrected chi connectivity index (χ2v) is 16.4. The number of aromatic nitrogens is 1. The first-order chi connectivity index (χ1) is 29.0. The van der Waals surface area contributed by atoms with Crippen molar-refractivity contribution in [3.63, 3.8) is 0 Å². The quantitative estimate of drug-likeness (QED) is 0.128. The maximum Gasteiger partial charge on any atom is 0.0588 e. The van der Waals surface area contributed by atoms with Crippen LogP contribution in [0.5, 0.6) is 0 Å². The van der Waals surface area contributed by atoms with Crippen LogP contribution in [0.25, 0.3) is 70.9 Å². The Morgan fingerprint density at radius 2 is 1.02 bits per heavy atom. The van der Waals surface area contributed by atoms with Crippen LogP contribution in [-0.2, 0) is 5.41 Å². The van der Waals surface area contributed by atoms with Crippen molar-refractivity contribution in [2.45, 2.75) is 19.3 Å². The summed E-state index contributed by atoms with van der Waals surface area (Å²) in [6.45, 7) is 4.79. The molecule has 0 bridgehead atoms. The van der Waals surface area contributed by atoms with Crippen LogP contribution in [0.15, 0.2) is 194 Å². The maximum atomic E-state index is 3.54. The predicted molar refractivity (Wildman–Crippen MR) is 249 cm³/mol. The summed E-state index contributed by atoms with van der Waals surface area (Å²) in [6, 6.07) is 70.5. The second kappa shape index (κ2) is 12.7. The molecule has 12 rings (SSSR count). The number of hydrogen-bond acceptors (Lipinski definition) is 1. The molecule has 0 spiro atoms. The van der Waals surface area contributed by atoms with E-state index in [1.54, 1.807) is 0 Å². The lowest BCUT2D eigenvalue weighted by Gasteiger charge is -2.25. The van der Waals surface area contributed by atoms with E-state index in [4.69, 9.17) is 0 Å². The van der Waals surface area contributed by atoms with Crippen molar-refractivity contribution in [2.24, 2.45) is 0 Å². The Hall–Kier alpha value is -7.60. The van der Waals surface area contributed by atoms with Gasteiger partial charge in [-0.3, -0.25) is 0 Å². The number of rotatable bonds is 4. The molecule has 0 atom stereocenters. The van der Waals surface area contributed by atoms with Gasteiger partial charge in [0.2, 0.25) is 0 Å². The number of benzene rings is 10. The zero-order chi connectivity index (χ0) is 39.2. The van der Waals surface area contributed by atoms with Gasteiger partial charge < -0.3 is 9.47 Å². The molecule has 1 aromatic heterocycles. The number of anilines is 3. The minimum absolute atomic E-state index is 0.266. The van der Waals surface area contributed by atoms with Crippen molar-refractivity contribution >= 4 is 71.2 Å². The Bertz CT molecular complexity index is 3450. The summed E-state index contributed by atoms with van der Waals surface area (Å²) in [5, 5.41) is 10.4. The summed E-state index contributed by atoms with van der Waals surface area (Å²) in [7, 11) is 0. The van der Waals surface area contributed by atoms with Crippen LogP contribution >= 0.6 is 0 Å². The highest BCUT2D eigenvalue weighted by molar-refractivity contribution is 6.25. The van der Waals surface area contributed by atoms with E-state index in [1.807, 2.05) is 0 Å². The van der Waals surface area contributed by atoms with Crippen LogP contribution in [0.2, 0.25) is 0 Å². The smallest absolute Gasteiger partial charge is 0.0588 e. The molecular weight excluding hydrogens is 713 g/mol. The van der Waals surface area contributed by atoms with Gasteiger partial charge in [-0.1, -0.05) is 147 Å². The minimum Gasteiger partial charge on any atom is -0.311 e. The lowest BCUT2D eigenvalue weighted by molar-refractivity contribution is 0.663. The molecule has 1 heterocycles. The molecule has 0 fully saturated rings. The van der Waals surface area contributed by atoms with Crippen molar-refractivity contribution in [3.8, 4) is 28.7 Å². The Kier molecular flexibility index (Phi) is 7.22. The van der Waals surface area contributed by atoms with Gasteiger partial charge in [-0.15, -0.1) is 0 Å². The largest absolute Gasteiger partial charge is 0.311 e. The van der Waals surface area contributed by atoms with E-state index in [0.717, 1.165) is 28.2 Å². The summed E-state index contributed by atoms with van der Waals surface area (Å²) in [5.74, 6) is 7.03. The zero-order valence-corrected chi connectivity index (χ0v) is 32.9. The average Bonchev–Trinajstić information content (AvgIpc) is 3.73. The molecule has 0 saturated heterocycles. The third-order valence-electron chi connectivity index (χ3n) is 12.7. The predicted octanol–water partition coefficient (Wildman–Crippen LogP) is 14.9. The average molecular weight is 751 g/mol. The highest BCUT2D eigenvalue weighted by atomic mass is 15.1. The molecular formula is C57H38N2. The van der Waals surface area contributed by atoms with Crippen LogP contribution in [0.4, 0.5) is 17.1 Å². The molecule has 0 unspecified atom stereocenters. The third kappa shape index (κ3) is 5.02. The highest BCUT2D eigenvalue weighted by Gasteiger charge is 2.39. The third-order valence-corrected chi connectivity index (χ3v) is 12.7. The molecule has 0 saturated carbocycles. The SMILES string of the molecule is CC1(C)c2cc(C#Cc3ccc(N(c4ccccc4)c4ccccc4)cc3)ccc2-c2ccc3c4ccccc4n(-c4ccc5ccc6cccc7ccc4c5c67)c3c21. The molecule has 276 valence electrons. The molecule has 59 heavy (non-hydrogen) atoms. The van der Waals surface area contributed by atoms with Crippen molar-refractivity contribution < 1.29 is 0 Å². The minimum atomic E-state index is -0.266. The summed E-state index contributed by atoms with van der Waals surface area (Å²) < 4.78 is 2.56. The first kappa shape index (κ1) is 33.5. The van der Waals surface area contributed by atoms with Crippen LogP contribution in [0, 0.1) is 11.8 Å². The summed E-state index contributed by atoms with van der Waals surface area (Å²) >= 11 is 0. The standard InChI is InChI=1S/C57H38N2/c1-57(2)50-36-38(21-20-37-22-29-44(30-23-37)58(42-14-5-3-6-15-42)43-16-7-4-8-17-43)24-31-45(50)47-33-34-48-46-18-9-10-19-51(46)59(56(48)55(47)57)52-35-28-41-26-25-39-12-11-13-40-27-32-49(52)54(41)53(39)40/h3-19,22-36H,1-2H3. The normalized spacial score (nSPS) is 12.9. The fraction of sp³-hybridized carbons (Fsp3) is 0.0526. The molecule has 0 radical (unpaired) electrons. The number of hydrogen-bond donors (Lipinski definition) is 0. The van der Waals surface area contributed by atoms with E-state index in [-0.39, 0.29) is 5.41 Å². The lowest BCUT2D eigenvalue weighted by Crippen LogP contribution is -2.17. The van der Waals surface area contributed by atoms with E-state index in [1.165, 1.54) is 82.1 Å². The molecule has 2 nitrogen and oxygen atoms in total. The van der Waals surface area contributed by atoms with E-state index >= 15 is 0 Å². The molecule has 0 aliphatic heterocycles. The number of fused-ring (bicyclic) bond motifs is 7. The molecule has 2 heteroatoms. The fourth-order valence-corrected chi connectivity index (χ4v) is 10.0. The van der Waals surface area contributed by atoms with E-state index in [0.29, 0.717) is 0 Å². The lowest BCUT2D eigenvalue weighted by atomic mass is 9.81. The highest BCUT2D eigenvalue weighted by Crippen LogP contribution is 2.53. The Morgan fingerprint density at radius 3 is 1.76 bits per heavy atom. The topological polar surface area (TPSA) is 8.17 Å². The van der Waals surface area contributed by atoms with Crippen molar-refractivity contribution in [1.29, 1.82) is 0 Å². The van der Waals surface area contributed by atoms with Crippen LogP contribution < -0.4 is 4.90 Å². The fourth-order valence-electron chi connectivity index (χ4n) is 10.0. The van der Waals surface area contributed by atoms with Gasteiger partial charge in [-0.2, -0.15) is 0 Å². The van der Waals surface area contributed by atoms with E-state index in [9.17, 15) is 0 Å². The number of para-hydroxylation sites is 3. The Balaban J connectivity index is 0.967. The molecule has 11 aromatic rings. The van der Waals surface area contributed by atoms with Gasteiger partial charge in [0.05, 0.1) is 16.7 Å². The summed E-state index contributed by atoms with van der Waals surface area (Å²) in [4.78, 5) is 2.28. The number of nitrogens with zero attached hydrogens (tertiary/aromatic N) is 2. The van der Waals surface area contributed by atoms with Gasteiger partial charge >= 0.3 is 0 Å². The van der Waals surface area contributed by atoms with Gasteiger partial charge in [0.1, 0.15) is 0 Å². The first-order valence-electron chi connectivity index (χ1n) is 20.4. The van der Waals surface area contributed by atoms with Crippen molar-refractivity contribution in [3.05, 3.63) is 216 Å². The molecule has 0 amide bonds. The van der Waals surface area contributed by atoms with Crippen LogP contribution in [0.1, 0.15) is 36.1 Å². The monoisotopic (exact) mass is 750 g/mol. The molecule has 10 aromatic carbocycles. The van der Waals surface area contributed by atoms with Gasteiger partial charge in [-0.25, -0.2) is 0 Å². The molecule has 1 aliphatic rings. The van der Waals surface area contributed by atoms with E-state index < -0.39 is 0 Å². The second-order valence-electron chi connectivity index (χ2n) is 16.4. The summed E-state index contributed by atoms with van der Waals surface area (Å²) in [5.41, 5.74) is 14.1. The van der Waals surface area contributed by atoms with E-state index in [2.05, 4.69) is 229 Å². The van der Waals surface area contributed by atoms with Crippen LogP contribution in [0.3, 0.4) is 0 Å². The van der Waals surface area contributed by atoms with Crippen molar-refractivity contribution in [1.82, 2.24) is 4.57 Å².